The molecule has 0 fully saturated rings. The molecule has 0 bridgehead atoms. The minimum atomic E-state index is -0.381. The van der Waals surface area contributed by atoms with Crippen molar-refractivity contribution < 1.29 is 13.9 Å². The zero-order chi connectivity index (χ0) is 16.4. The molecule has 1 aromatic heterocycles. The average Bonchev–Trinajstić information content (AvgIpc) is 2.92. The number of methoxy groups -OCH3 is 2. The first-order valence-corrected chi connectivity index (χ1v) is 7.52. The molecule has 0 aliphatic heterocycles. The van der Waals surface area contributed by atoms with E-state index in [1.807, 2.05) is 12.1 Å². The van der Waals surface area contributed by atoms with E-state index in [-0.39, 0.29) is 17.7 Å². The Balaban J connectivity index is 1.79. The van der Waals surface area contributed by atoms with E-state index in [1.54, 1.807) is 20.3 Å². The van der Waals surface area contributed by atoms with Gasteiger partial charge in [-0.1, -0.05) is 0 Å². The zero-order valence-electron chi connectivity index (χ0n) is 13.2. The van der Waals surface area contributed by atoms with Crippen molar-refractivity contribution in [3.05, 3.63) is 46.9 Å². The van der Waals surface area contributed by atoms with Crippen LogP contribution in [-0.4, -0.2) is 19.2 Å². The van der Waals surface area contributed by atoms with E-state index in [0.29, 0.717) is 18.0 Å². The molecule has 3 rings (SSSR count). The maximum Gasteiger partial charge on any atom is 0.165 e. The van der Waals surface area contributed by atoms with Gasteiger partial charge in [0.05, 0.1) is 14.2 Å². The molecule has 3 N–H and O–H groups in total. The van der Waals surface area contributed by atoms with Crippen LogP contribution in [0.25, 0.3) is 0 Å². The van der Waals surface area contributed by atoms with Crippen molar-refractivity contribution in [1.29, 1.82) is 0 Å². The van der Waals surface area contributed by atoms with Crippen LogP contribution in [0, 0.1) is 5.82 Å². The number of halogens is 1. The molecular weight excluding hydrogens is 297 g/mol. The molecule has 1 aliphatic rings. The second-order valence-corrected chi connectivity index (χ2v) is 5.53. The molecule has 0 radical (unpaired) electrons. The third-order valence-electron chi connectivity index (χ3n) is 4.12. The van der Waals surface area contributed by atoms with Gasteiger partial charge >= 0.3 is 0 Å². The fraction of sp³-hybridized carbons (Fsp3) is 0.353. The number of anilines is 1. The van der Waals surface area contributed by atoms with Gasteiger partial charge in [-0.25, -0.2) is 9.37 Å². The minimum absolute atomic E-state index is 0.109. The molecule has 0 saturated carbocycles. The fourth-order valence-electron chi connectivity index (χ4n) is 2.81. The molecule has 2 aromatic rings. The Bertz CT molecular complexity index is 721. The van der Waals surface area contributed by atoms with Crippen LogP contribution in [0.3, 0.4) is 0 Å². The number of fused-ring (bicyclic) bond motifs is 1. The molecule has 0 spiro atoms. The monoisotopic (exact) mass is 317 g/mol. The standard InChI is InChI=1S/C17H20FN3O2/c1-22-11-4-3-10(16(7-11)23-2)9-20-17-13(18)8-12-14(19)5-6-15(12)21-17/h3-4,7-8,14H,5-6,9,19H2,1-2H3,(H,20,21). The van der Waals surface area contributed by atoms with Crippen LogP contribution in [0.4, 0.5) is 10.2 Å². The first-order chi connectivity index (χ1) is 11.1. The van der Waals surface area contributed by atoms with E-state index < -0.39 is 0 Å². The summed E-state index contributed by atoms with van der Waals surface area (Å²) in [5, 5.41) is 3.04. The van der Waals surface area contributed by atoms with Gasteiger partial charge in [0.25, 0.3) is 0 Å². The molecule has 1 aromatic carbocycles. The predicted molar refractivity (Wildman–Crippen MR) is 86.3 cm³/mol. The number of hydrogen-bond acceptors (Lipinski definition) is 5. The Morgan fingerprint density at radius 2 is 2.13 bits per heavy atom. The lowest BCUT2D eigenvalue weighted by molar-refractivity contribution is 0.391. The largest absolute Gasteiger partial charge is 0.497 e. The number of hydrogen-bond donors (Lipinski definition) is 2. The minimum Gasteiger partial charge on any atom is -0.497 e. The van der Waals surface area contributed by atoms with Gasteiger partial charge in [-0.3, -0.25) is 0 Å². The molecule has 6 heteroatoms. The molecule has 5 nitrogen and oxygen atoms in total. The Morgan fingerprint density at radius 1 is 1.30 bits per heavy atom. The van der Waals surface area contributed by atoms with Crippen LogP contribution < -0.4 is 20.5 Å². The Morgan fingerprint density at radius 3 is 2.87 bits per heavy atom. The van der Waals surface area contributed by atoms with E-state index in [0.717, 1.165) is 29.7 Å². The Labute approximate surface area is 134 Å². The van der Waals surface area contributed by atoms with Gasteiger partial charge in [0, 0.05) is 29.9 Å². The highest BCUT2D eigenvalue weighted by molar-refractivity contribution is 5.46. The highest BCUT2D eigenvalue weighted by atomic mass is 19.1. The number of benzene rings is 1. The second-order valence-electron chi connectivity index (χ2n) is 5.53. The third-order valence-corrected chi connectivity index (χ3v) is 4.12. The SMILES string of the molecule is COc1ccc(CNc2nc3c(cc2F)C(N)CC3)c(OC)c1. The van der Waals surface area contributed by atoms with Crippen LogP contribution in [0.5, 0.6) is 11.5 Å². The summed E-state index contributed by atoms with van der Waals surface area (Å²) in [7, 11) is 3.19. The highest BCUT2D eigenvalue weighted by Gasteiger charge is 2.23. The number of aryl methyl sites for hydroxylation is 1. The highest BCUT2D eigenvalue weighted by Crippen LogP contribution is 2.31. The molecule has 1 aliphatic carbocycles. The van der Waals surface area contributed by atoms with E-state index in [1.165, 1.54) is 6.07 Å². The molecule has 1 atom stereocenters. The van der Waals surface area contributed by atoms with Gasteiger partial charge in [0.1, 0.15) is 11.5 Å². The third kappa shape index (κ3) is 3.07. The number of nitrogens with zero attached hydrogens (tertiary/aromatic N) is 1. The van der Waals surface area contributed by atoms with Crippen molar-refractivity contribution in [3.8, 4) is 11.5 Å². The van der Waals surface area contributed by atoms with E-state index in [2.05, 4.69) is 10.3 Å². The first kappa shape index (κ1) is 15.6. The van der Waals surface area contributed by atoms with Crippen molar-refractivity contribution in [1.82, 2.24) is 4.98 Å². The summed E-state index contributed by atoms with van der Waals surface area (Å²) in [6, 6.07) is 6.90. The number of aromatic nitrogens is 1. The van der Waals surface area contributed by atoms with Crippen molar-refractivity contribution in [2.45, 2.75) is 25.4 Å². The number of nitrogens with two attached hydrogens (primary N) is 1. The number of nitrogens with one attached hydrogen (secondary N) is 1. The summed E-state index contributed by atoms with van der Waals surface area (Å²) in [6.07, 6.45) is 1.61. The topological polar surface area (TPSA) is 69.4 Å². The summed E-state index contributed by atoms with van der Waals surface area (Å²) in [5.41, 5.74) is 8.53. The van der Waals surface area contributed by atoms with Crippen LogP contribution in [0.15, 0.2) is 24.3 Å². The van der Waals surface area contributed by atoms with Gasteiger partial charge < -0.3 is 20.5 Å². The molecule has 1 unspecified atom stereocenters. The van der Waals surface area contributed by atoms with Crippen LogP contribution in [0.1, 0.15) is 29.3 Å². The van der Waals surface area contributed by atoms with E-state index in [4.69, 9.17) is 15.2 Å². The molecule has 1 heterocycles. The fourth-order valence-corrected chi connectivity index (χ4v) is 2.81. The van der Waals surface area contributed by atoms with Crippen molar-refractivity contribution in [3.63, 3.8) is 0 Å². The summed E-state index contributed by atoms with van der Waals surface area (Å²) in [4.78, 5) is 4.38. The molecule has 0 amide bonds. The number of ether oxygens (including phenoxy) is 2. The lowest BCUT2D eigenvalue weighted by Gasteiger charge is -2.13. The molecule has 122 valence electrons. The number of pyridine rings is 1. The van der Waals surface area contributed by atoms with Gasteiger partial charge in [0.15, 0.2) is 11.6 Å². The van der Waals surface area contributed by atoms with E-state index >= 15 is 0 Å². The quantitative estimate of drug-likeness (QED) is 0.887. The van der Waals surface area contributed by atoms with Gasteiger partial charge in [-0.15, -0.1) is 0 Å². The normalized spacial score (nSPS) is 16.1. The van der Waals surface area contributed by atoms with Crippen LogP contribution >= 0.6 is 0 Å². The number of rotatable bonds is 5. The Hall–Kier alpha value is -2.34. The summed E-state index contributed by atoms with van der Waals surface area (Å²) < 4.78 is 24.7. The zero-order valence-corrected chi connectivity index (χ0v) is 13.2. The molecule has 23 heavy (non-hydrogen) atoms. The van der Waals surface area contributed by atoms with Gasteiger partial charge in [-0.2, -0.15) is 0 Å². The smallest absolute Gasteiger partial charge is 0.165 e. The lowest BCUT2D eigenvalue weighted by atomic mass is 10.1. The first-order valence-electron chi connectivity index (χ1n) is 7.52. The molecule has 0 saturated heterocycles. The summed E-state index contributed by atoms with van der Waals surface area (Å²) in [5.74, 6) is 1.26. The Kier molecular flexibility index (Phi) is 4.34. The van der Waals surface area contributed by atoms with Crippen molar-refractivity contribution in [2.24, 2.45) is 5.73 Å². The van der Waals surface area contributed by atoms with Crippen LogP contribution in [0.2, 0.25) is 0 Å². The average molecular weight is 317 g/mol. The maximum atomic E-state index is 14.2. The summed E-state index contributed by atoms with van der Waals surface area (Å²) in [6.45, 7) is 0.405. The van der Waals surface area contributed by atoms with Crippen LogP contribution in [-0.2, 0) is 13.0 Å². The van der Waals surface area contributed by atoms with Crippen molar-refractivity contribution in [2.75, 3.05) is 19.5 Å². The van der Waals surface area contributed by atoms with Gasteiger partial charge in [-0.05, 0) is 36.6 Å². The maximum absolute atomic E-state index is 14.2. The lowest BCUT2D eigenvalue weighted by Crippen LogP contribution is -2.09. The van der Waals surface area contributed by atoms with E-state index in [9.17, 15) is 4.39 Å². The van der Waals surface area contributed by atoms with Gasteiger partial charge in [0.2, 0.25) is 0 Å². The second kappa shape index (κ2) is 6.42. The van der Waals surface area contributed by atoms with Crippen molar-refractivity contribution >= 4 is 5.82 Å². The molecular formula is C17H20FN3O2. The summed E-state index contributed by atoms with van der Waals surface area (Å²) >= 11 is 0. The predicted octanol–water partition coefficient (Wildman–Crippen LogP) is 2.80.